The highest BCUT2D eigenvalue weighted by atomic mass is 16.3. The molecule has 0 atom stereocenters. The van der Waals surface area contributed by atoms with Gasteiger partial charge in [0.15, 0.2) is 0 Å². The maximum atomic E-state index is 8.96. The first-order valence-corrected chi connectivity index (χ1v) is 3.77. The quantitative estimate of drug-likeness (QED) is 0.682. The van der Waals surface area contributed by atoms with Crippen LogP contribution in [0.2, 0.25) is 0 Å². The van der Waals surface area contributed by atoms with Gasteiger partial charge in [0, 0.05) is 17.6 Å². The number of aliphatic hydroxyl groups excluding tert-OH is 1. The molecule has 1 N–H and O–H groups in total. The summed E-state index contributed by atoms with van der Waals surface area (Å²) in [6.45, 7) is -0.0187. The fraction of sp³-hybridized carbons (Fsp3) is 0.100. The number of fused-ring (bicyclic) bond motifs is 1. The van der Waals surface area contributed by atoms with Gasteiger partial charge in [-0.2, -0.15) is 0 Å². The molecule has 1 aromatic heterocycles. The molecule has 0 aliphatic carbocycles. The van der Waals surface area contributed by atoms with Gasteiger partial charge >= 0.3 is 0 Å². The zero-order chi connectivity index (χ0) is 8.39. The highest BCUT2D eigenvalue weighted by Gasteiger charge is 1.98. The van der Waals surface area contributed by atoms with Gasteiger partial charge in [0.1, 0.15) is 0 Å². The Hall–Kier alpha value is -1.41. The van der Waals surface area contributed by atoms with Crippen molar-refractivity contribution in [3.8, 4) is 0 Å². The predicted octanol–water partition coefficient (Wildman–Crippen LogP) is 1.53. The number of pyridine rings is 1. The van der Waals surface area contributed by atoms with Crippen LogP contribution in [0.5, 0.6) is 0 Å². The molecule has 1 aromatic carbocycles. The Morgan fingerprint density at radius 1 is 1.33 bits per heavy atom. The molecule has 59 valence electrons. The van der Waals surface area contributed by atoms with E-state index < -0.39 is 0 Å². The Balaban J connectivity index is 2.79. The van der Waals surface area contributed by atoms with Crippen LogP contribution in [0, 0.1) is 6.07 Å². The van der Waals surface area contributed by atoms with Crippen molar-refractivity contribution in [1.29, 1.82) is 0 Å². The Morgan fingerprint density at radius 3 is 3.00 bits per heavy atom. The average Bonchev–Trinajstić information content (AvgIpc) is 2.17. The third-order valence-electron chi connectivity index (χ3n) is 1.83. The Labute approximate surface area is 70.5 Å². The molecular formula is C10H8NO. The molecule has 2 nitrogen and oxygen atoms in total. The molecule has 0 bridgehead atoms. The molecule has 2 aromatic rings. The van der Waals surface area contributed by atoms with E-state index in [0.717, 1.165) is 10.8 Å². The van der Waals surface area contributed by atoms with E-state index in [1.807, 2.05) is 24.3 Å². The van der Waals surface area contributed by atoms with E-state index in [9.17, 15) is 0 Å². The molecular weight excluding hydrogens is 150 g/mol. The van der Waals surface area contributed by atoms with E-state index in [0.29, 0.717) is 5.69 Å². The van der Waals surface area contributed by atoms with E-state index in [1.54, 1.807) is 6.20 Å². The molecule has 0 aliphatic heterocycles. The normalized spacial score (nSPS) is 10.4. The second kappa shape index (κ2) is 2.91. The van der Waals surface area contributed by atoms with Crippen LogP contribution in [0.15, 0.2) is 30.5 Å². The minimum atomic E-state index is -0.0187. The largest absolute Gasteiger partial charge is 0.390 e. The lowest BCUT2D eigenvalue weighted by Gasteiger charge is -2.00. The zero-order valence-corrected chi connectivity index (χ0v) is 6.49. The first-order chi connectivity index (χ1) is 5.92. The summed E-state index contributed by atoms with van der Waals surface area (Å²) in [6.07, 6.45) is 1.59. The Kier molecular flexibility index (Phi) is 1.76. The Morgan fingerprint density at radius 2 is 2.17 bits per heavy atom. The van der Waals surface area contributed by atoms with Crippen LogP contribution in [0.3, 0.4) is 0 Å². The van der Waals surface area contributed by atoms with E-state index in [1.165, 1.54) is 0 Å². The van der Waals surface area contributed by atoms with Crippen molar-refractivity contribution < 1.29 is 5.11 Å². The van der Waals surface area contributed by atoms with Gasteiger partial charge in [-0.05, 0) is 5.39 Å². The molecule has 12 heavy (non-hydrogen) atoms. The lowest BCUT2D eigenvalue weighted by atomic mass is 10.1. The van der Waals surface area contributed by atoms with Crippen molar-refractivity contribution in [2.24, 2.45) is 0 Å². The zero-order valence-electron chi connectivity index (χ0n) is 6.49. The minimum absolute atomic E-state index is 0.0187. The van der Waals surface area contributed by atoms with Crippen molar-refractivity contribution in [3.05, 3.63) is 42.2 Å². The van der Waals surface area contributed by atoms with Crippen molar-refractivity contribution >= 4 is 10.8 Å². The number of benzene rings is 1. The first-order valence-electron chi connectivity index (χ1n) is 3.77. The van der Waals surface area contributed by atoms with E-state index >= 15 is 0 Å². The second-order valence-electron chi connectivity index (χ2n) is 2.55. The van der Waals surface area contributed by atoms with Gasteiger partial charge in [-0.15, -0.1) is 0 Å². The smallest absolute Gasteiger partial charge is 0.0859 e. The van der Waals surface area contributed by atoms with E-state index in [-0.39, 0.29) is 6.61 Å². The summed E-state index contributed by atoms with van der Waals surface area (Å²) >= 11 is 0. The molecule has 0 aliphatic rings. The summed E-state index contributed by atoms with van der Waals surface area (Å²) in [5, 5.41) is 10.9. The number of aromatic nitrogens is 1. The number of aliphatic hydroxyl groups is 1. The number of nitrogens with zero attached hydrogens (tertiary/aromatic N) is 1. The van der Waals surface area contributed by atoms with Gasteiger partial charge in [0.25, 0.3) is 0 Å². The molecule has 0 unspecified atom stereocenters. The van der Waals surface area contributed by atoms with Gasteiger partial charge in [-0.25, -0.2) is 0 Å². The van der Waals surface area contributed by atoms with Crippen molar-refractivity contribution in [2.45, 2.75) is 6.61 Å². The summed E-state index contributed by atoms with van der Waals surface area (Å²) < 4.78 is 0. The van der Waals surface area contributed by atoms with Gasteiger partial charge in [-0.3, -0.25) is 4.98 Å². The fourth-order valence-corrected chi connectivity index (χ4v) is 1.24. The number of hydrogen-bond donors (Lipinski definition) is 1. The number of hydrogen-bond acceptors (Lipinski definition) is 2. The van der Waals surface area contributed by atoms with Crippen LogP contribution >= 0.6 is 0 Å². The third kappa shape index (κ3) is 1.06. The summed E-state index contributed by atoms with van der Waals surface area (Å²) in [7, 11) is 0. The molecule has 2 heteroatoms. The predicted molar refractivity (Wildman–Crippen MR) is 46.5 cm³/mol. The van der Waals surface area contributed by atoms with Crippen LogP contribution < -0.4 is 0 Å². The fourth-order valence-electron chi connectivity index (χ4n) is 1.24. The topological polar surface area (TPSA) is 33.1 Å². The highest BCUT2D eigenvalue weighted by molar-refractivity contribution is 5.83. The van der Waals surface area contributed by atoms with Crippen LogP contribution in [-0.2, 0) is 6.61 Å². The lowest BCUT2D eigenvalue weighted by Crippen LogP contribution is -1.89. The van der Waals surface area contributed by atoms with Gasteiger partial charge < -0.3 is 5.11 Å². The summed E-state index contributed by atoms with van der Waals surface area (Å²) in [5.41, 5.74) is 0.712. The molecule has 2 rings (SSSR count). The molecule has 1 radical (unpaired) electrons. The summed E-state index contributed by atoms with van der Waals surface area (Å²) in [4.78, 5) is 4.02. The van der Waals surface area contributed by atoms with E-state index in [2.05, 4.69) is 11.1 Å². The van der Waals surface area contributed by atoms with Crippen LogP contribution in [-0.4, -0.2) is 10.1 Å². The van der Waals surface area contributed by atoms with E-state index in [4.69, 9.17) is 5.11 Å². The van der Waals surface area contributed by atoms with Gasteiger partial charge in [-0.1, -0.05) is 24.3 Å². The maximum absolute atomic E-state index is 8.96. The van der Waals surface area contributed by atoms with Crippen molar-refractivity contribution in [3.63, 3.8) is 0 Å². The minimum Gasteiger partial charge on any atom is -0.390 e. The maximum Gasteiger partial charge on any atom is 0.0859 e. The molecule has 1 heterocycles. The summed E-state index contributed by atoms with van der Waals surface area (Å²) in [5.74, 6) is 0. The molecule has 0 spiro atoms. The third-order valence-corrected chi connectivity index (χ3v) is 1.83. The lowest BCUT2D eigenvalue weighted by molar-refractivity contribution is 0.278. The molecule has 0 saturated heterocycles. The van der Waals surface area contributed by atoms with Crippen LogP contribution in [0.25, 0.3) is 10.8 Å². The number of rotatable bonds is 1. The average molecular weight is 158 g/mol. The van der Waals surface area contributed by atoms with Crippen LogP contribution in [0.1, 0.15) is 5.69 Å². The standard InChI is InChI=1S/C10H8NO/c12-7-10-9-4-2-1-3-8(9)5-6-11-10/h1-4,6,12H,7H2. The SMILES string of the molecule is OCc1nc[c]c2ccccc12. The monoisotopic (exact) mass is 158 g/mol. The Bertz CT molecular complexity index is 392. The van der Waals surface area contributed by atoms with Gasteiger partial charge in [0.05, 0.1) is 12.3 Å². The first kappa shape index (κ1) is 7.25. The van der Waals surface area contributed by atoms with Crippen molar-refractivity contribution in [1.82, 2.24) is 4.98 Å². The van der Waals surface area contributed by atoms with Crippen molar-refractivity contribution in [2.75, 3.05) is 0 Å². The summed E-state index contributed by atoms with van der Waals surface area (Å²) in [6, 6.07) is 10.8. The van der Waals surface area contributed by atoms with Crippen LogP contribution in [0.4, 0.5) is 0 Å². The second-order valence-corrected chi connectivity index (χ2v) is 2.55. The highest BCUT2D eigenvalue weighted by Crippen LogP contribution is 2.14. The molecule has 0 fully saturated rings. The molecule has 0 saturated carbocycles. The molecule has 0 amide bonds. The van der Waals surface area contributed by atoms with Gasteiger partial charge in [0.2, 0.25) is 0 Å².